The van der Waals surface area contributed by atoms with E-state index in [1.54, 1.807) is 11.3 Å². The van der Waals surface area contributed by atoms with Crippen molar-refractivity contribution in [1.29, 1.82) is 0 Å². The topological polar surface area (TPSA) is 9.23 Å². The van der Waals surface area contributed by atoms with Crippen LogP contribution in [-0.4, -0.2) is 19.4 Å². The van der Waals surface area contributed by atoms with E-state index in [2.05, 4.69) is 4.74 Å². The summed E-state index contributed by atoms with van der Waals surface area (Å²) in [5, 5.41) is -0.271. The summed E-state index contributed by atoms with van der Waals surface area (Å²) in [5.74, 6) is 0. The molecule has 0 aliphatic carbocycles. The van der Waals surface area contributed by atoms with Crippen LogP contribution in [0, 0.1) is 6.92 Å². The van der Waals surface area contributed by atoms with Gasteiger partial charge in [0.2, 0.25) is 0 Å². The Kier molecular flexibility index (Phi) is 5.08. The lowest BCUT2D eigenvalue weighted by Crippen LogP contribution is -2.17. The Morgan fingerprint density at radius 2 is 2.12 bits per heavy atom. The molecule has 0 saturated heterocycles. The van der Waals surface area contributed by atoms with Gasteiger partial charge in [0.1, 0.15) is 6.61 Å². The van der Waals surface area contributed by atoms with Crippen molar-refractivity contribution in [1.82, 2.24) is 0 Å². The Hall–Kier alpha value is -0.260. The first-order valence-electron chi connectivity index (χ1n) is 4.73. The number of halogens is 4. The second-order valence-electron chi connectivity index (χ2n) is 3.37. The van der Waals surface area contributed by atoms with Crippen molar-refractivity contribution >= 4 is 22.9 Å². The van der Waals surface area contributed by atoms with Crippen molar-refractivity contribution in [2.45, 2.75) is 24.9 Å². The zero-order chi connectivity index (χ0) is 12.2. The normalized spacial score (nSPS) is 14.1. The van der Waals surface area contributed by atoms with Crippen molar-refractivity contribution in [3.8, 4) is 0 Å². The lowest BCUT2D eigenvalue weighted by Gasteiger charge is -2.09. The number of thiophene rings is 1. The molecule has 0 spiro atoms. The molecule has 1 unspecified atom stereocenters. The summed E-state index contributed by atoms with van der Waals surface area (Å²) in [5.41, 5.74) is 0. The monoisotopic (exact) mass is 272 g/mol. The Morgan fingerprint density at radius 3 is 2.62 bits per heavy atom. The minimum Gasteiger partial charge on any atom is -0.372 e. The number of aryl methyl sites for hydroxylation is 1. The maximum Gasteiger partial charge on any atom is 0.411 e. The lowest BCUT2D eigenvalue weighted by atomic mass is 10.2. The SMILES string of the molecule is Cc1ccc(C(Cl)CCOCC(F)(F)F)s1. The first-order chi connectivity index (χ1) is 7.38. The van der Waals surface area contributed by atoms with Crippen LogP contribution in [0.2, 0.25) is 0 Å². The molecular weight excluding hydrogens is 261 g/mol. The molecule has 1 aromatic rings. The molecule has 16 heavy (non-hydrogen) atoms. The fraction of sp³-hybridized carbons (Fsp3) is 0.600. The smallest absolute Gasteiger partial charge is 0.372 e. The standard InChI is InChI=1S/C10H12ClF3OS/c1-7-2-3-9(16-7)8(11)4-5-15-6-10(12,13)14/h2-3,8H,4-6H2,1H3. The molecule has 0 fully saturated rings. The fourth-order valence-corrected chi connectivity index (χ4v) is 2.32. The first kappa shape index (κ1) is 13.8. The minimum atomic E-state index is -4.26. The molecule has 0 saturated carbocycles. The van der Waals surface area contributed by atoms with Crippen LogP contribution >= 0.6 is 22.9 Å². The highest BCUT2D eigenvalue weighted by atomic mass is 35.5. The van der Waals surface area contributed by atoms with Crippen molar-refractivity contribution in [2.24, 2.45) is 0 Å². The van der Waals surface area contributed by atoms with Gasteiger partial charge in [-0.25, -0.2) is 0 Å². The average molecular weight is 273 g/mol. The van der Waals surface area contributed by atoms with Crippen LogP contribution in [0.5, 0.6) is 0 Å². The zero-order valence-electron chi connectivity index (χ0n) is 8.68. The molecule has 1 heterocycles. The molecule has 1 aromatic heterocycles. The molecule has 1 rings (SSSR count). The lowest BCUT2D eigenvalue weighted by molar-refractivity contribution is -0.174. The average Bonchev–Trinajstić information content (AvgIpc) is 2.57. The number of rotatable bonds is 5. The Morgan fingerprint density at radius 1 is 1.44 bits per heavy atom. The second-order valence-corrected chi connectivity index (χ2v) is 5.22. The number of hydrogen-bond donors (Lipinski definition) is 0. The predicted octanol–water partition coefficient (Wildman–Crippen LogP) is 4.31. The molecule has 1 nitrogen and oxygen atoms in total. The van der Waals surface area contributed by atoms with Crippen LogP contribution in [0.4, 0.5) is 13.2 Å². The highest BCUT2D eigenvalue weighted by Crippen LogP contribution is 2.30. The minimum absolute atomic E-state index is 0.0185. The molecule has 0 aliphatic heterocycles. The second kappa shape index (κ2) is 5.89. The van der Waals surface area contributed by atoms with Crippen LogP contribution in [0.15, 0.2) is 12.1 Å². The molecule has 1 atom stereocenters. The summed E-state index contributed by atoms with van der Waals surface area (Å²) in [4.78, 5) is 2.10. The predicted molar refractivity (Wildman–Crippen MR) is 59.1 cm³/mol. The van der Waals surface area contributed by atoms with Gasteiger partial charge in [0.15, 0.2) is 0 Å². The van der Waals surface area contributed by atoms with Gasteiger partial charge in [0.05, 0.1) is 5.38 Å². The molecule has 6 heteroatoms. The zero-order valence-corrected chi connectivity index (χ0v) is 10.3. The van der Waals surface area contributed by atoms with E-state index in [0.717, 1.165) is 9.75 Å². The van der Waals surface area contributed by atoms with E-state index in [0.29, 0.717) is 6.42 Å². The van der Waals surface area contributed by atoms with Crippen molar-refractivity contribution in [3.05, 3.63) is 21.9 Å². The van der Waals surface area contributed by atoms with Crippen molar-refractivity contribution in [3.63, 3.8) is 0 Å². The van der Waals surface area contributed by atoms with E-state index < -0.39 is 12.8 Å². The molecular formula is C10H12ClF3OS. The summed E-state index contributed by atoms with van der Waals surface area (Å²) in [7, 11) is 0. The van der Waals surface area contributed by atoms with Gasteiger partial charge in [0, 0.05) is 16.4 Å². The molecule has 92 valence electrons. The molecule has 0 bridgehead atoms. The summed E-state index contributed by atoms with van der Waals surface area (Å²) < 4.78 is 39.7. The fourth-order valence-electron chi connectivity index (χ4n) is 1.14. The maximum atomic E-state index is 11.8. The highest BCUT2D eigenvalue weighted by Gasteiger charge is 2.27. The quantitative estimate of drug-likeness (QED) is 0.573. The third-order valence-electron chi connectivity index (χ3n) is 1.85. The number of ether oxygens (including phenoxy) is 1. The number of alkyl halides is 4. The van der Waals surface area contributed by atoms with E-state index in [1.165, 1.54) is 0 Å². The molecule has 0 N–H and O–H groups in total. The molecule has 0 aromatic carbocycles. The maximum absolute atomic E-state index is 11.8. The molecule has 0 amide bonds. The summed E-state index contributed by atoms with van der Waals surface area (Å²) >= 11 is 7.57. The van der Waals surface area contributed by atoms with Gasteiger partial charge in [-0.2, -0.15) is 13.2 Å². The van der Waals surface area contributed by atoms with Gasteiger partial charge < -0.3 is 4.74 Å². The van der Waals surface area contributed by atoms with Crippen LogP contribution in [0.3, 0.4) is 0 Å². The van der Waals surface area contributed by atoms with E-state index in [4.69, 9.17) is 11.6 Å². The molecule has 0 radical (unpaired) electrons. The van der Waals surface area contributed by atoms with Gasteiger partial charge in [-0.05, 0) is 25.5 Å². The van der Waals surface area contributed by atoms with Crippen LogP contribution < -0.4 is 0 Å². The van der Waals surface area contributed by atoms with Gasteiger partial charge in [-0.15, -0.1) is 22.9 Å². The van der Waals surface area contributed by atoms with Crippen molar-refractivity contribution < 1.29 is 17.9 Å². The summed E-state index contributed by atoms with van der Waals surface area (Å²) in [6.07, 6.45) is -3.88. The van der Waals surface area contributed by atoms with Gasteiger partial charge >= 0.3 is 6.18 Å². The highest BCUT2D eigenvalue weighted by molar-refractivity contribution is 7.12. The summed E-state index contributed by atoms with van der Waals surface area (Å²) in [6, 6.07) is 3.83. The van der Waals surface area contributed by atoms with Crippen LogP contribution in [0.1, 0.15) is 21.6 Å². The van der Waals surface area contributed by atoms with Crippen LogP contribution in [0.25, 0.3) is 0 Å². The van der Waals surface area contributed by atoms with E-state index in [1.807, 2.05) is 19.1 Å². The molecule has 0 aliphatic rings. The summed E-state index contributed by atoms with van der Waals surface area (Å²) in [6.45, 7) is 0.766. The third kappa shape index (κ3) is 5.18. The largest absolute Gasteiger partial charge is 0.411 e. The Balaban J connectivity index is 2.23. The van der Waals surface area contributed by atoms with Crippen molar-refractivity contribution in [2.75, 3.05) is 13.2 Å². The number of hydrogen-bond acceptors (Lipinski definition) is 2. The van der Waals surface area contributed by atoms with Crippen LogP contribution in [-0.2, 0) is 4.74 Å². The van der Waals surface area contributed by atoms with Gasteiger partial charge in [-0.1, -0.05) is 0 Å². The Bertz CT molecular complexity index is 324. The van der Waals surface area contributed by atoms with Gasteiger partial charge in [-0.3, -0.25) is 0 Å². The Labute approximate surface area is 101 Å². The third-order valence-corrected chi connectivity index (χ3v) is 3.55. The van der Waals surface area contributed by atoms with E-state index >= 15 is 0 Å². The van der Waals surface area contributed by atoms with E-state index in [-0.39, 0.29) is 12.0 Å². The van der Waals surface area contributed by atoms with Gasteiger partial charge in [0.25, 0.3) is 0 Å². The first-order valence-corrected chi connectivity index (χ1v) is 5.98. The van der Waals surface area contributed by atoms with E-state index in [9.17, 15) is 13.2 Å².